The van der Waals surface area contributed by atoms with E-state index in [0.717, 1.165) is 11.4 Å². The van der Waals surface area contributed by atoms with Crippen molar-refractivity contribution < 1.29 is 0 Å². The Balaban J connectivity index is 1.20. The van der Waals surface area contributed by atoms with Crippen molar-refractivity contribution in [2.45, 2.75) is 13.0 Å². The summed E-state index contributed by atoms with van der Waals surface area (Å²) >= 11 is 0. The zero-order valence-corrected chi connectivity index (χ0v) is 28.8. The topological polar surface area (TPSA) is 24.9 Å². The van der Waals surface area contributed by atoms with Crippen LogP contribution < -0.4 is 0 Å². The summed E-state index contributed by atoms with van der Waals surface area (Å²) in [5.41, 5.74) is 13.6. The molecule has 0 saturated carbocycles. The van der Waals surface area contributed by atoms with E-state index in [1.807, 2.05) is 0 Å². The molecule has 0 amide bonds. The molecule has 5 aromatic carbocycles. The second-order valence-corrected chi connectivity index (χ2v) is 15.3. The minimum Gasteiger partial charge on any atom is -0.363 e. The van der Waals surface area contributed by atoms with Gasteiger partial charge in [-0.25, -0.2) is 4.99 Å². The van der Waals surface area contributed by atoms with Crippen LogP contribution in [0.25, 0.3) is 76.4 Å². The van der Waals surface area contributed by atoms with Crippen molar-refractivity contribution in [3.8, 4) is 0 Å². The Labute approximate surface area is 299 Å². The first-order valence-electron chi connectivity index (χ1n) is 18.4. The molecule has 3 atom stereocenters. The fraction of sp³-hybridized carbons (Fsp3) is 0.104. The largest absolute Gasteiger partial charge is 0.363 e. The fourth-order valence-electron chi connectivity index (χ4n) is 10.9. The second kappa shape index (κ2) is 9.09. The van der Waals surface area contributed by atoms with Gasteiger partial charge in [0.1, 0.15) is 0 Å². The lowest BCUT2D eigenvalue weighted by atomic mass is 9.67. The summed E-state index contributed by atoms with van der Waals surface area (Å²) in [6.45, 7) is 2.43. The molecule has 5 aliphatic rings. The highest BCUT2D eigenvalue weighted by Gasteiger charge is 2.54. The molecule has 4 heterocycles. The molecule has 4 aliphatic carbocycles. The van der Waals surface area contributed by atoms with Gasteiger partial charge >= 0.3 is 0 Å². The van der Waals surface area contributed by atoms with Crippen LogP contribution in [0.1, 0.15) is 6.92 Å². The van der Waals surface area contributed by atoms with E-state index in [0.29, 0.717) is 0 Å². The summed E-state index contributed by atoms with van der Waals surface area (Å²) in [6, 6.07) is 34.1. The average Bonchev–Trinajstić information content (AvgIpc) is 3.88. The van der Waals surface area contributed by atoms with Crippen LogP contribution in [0.2, 0.25) is 0 Å². The normalized spacial score (nSPS) is 23.4. The van der Waals surface area contributed by atoms with E-state index in [4.69, 9.17) is 4.99 Å². The highest BCUT2D eigenvalue weighted by atomic mass is 15.2. The third kappa shape index (κ3) is 2.99. The summed E-state index contributed by atoms with van der Waals surface area (Å²) in [4.78, 5) is 7.87. The molecule has 3 unspecified atom stereocenters. The number of allylic oxidation sites excluding steroid dienone is 10. The van der Waals surface area contributed by atoms with Gasteiger partial charge in [-0.1, -0.05) is 109 Å². The van der Waals surface area contributed by atoms with Gasteiger partial charge in [-0.05, 0) is 65.3 Å². The maximum atomic E-state index is 5.39. The molecule has 3 aromatic heterocycles. The lowest BCUT2D eigenvalue weighted by Crippen LogP contribution is -2.43. The van der Waals surface area contributed by atoms with Crippen molar-refractivity contribution in [3.05, 3.63) is 168 Å². The third-order valence-corrected chi connectivity index (χ3v) is 12.9. The number of rotatable bonds is 1. The van der Waals surface area contributed by atoms with Gasteiger partial charge in [0.05, 0.1) is 56.4 Å². The Morgan fingerprint density at radius 1 is 0.654 bits per heavy atom. The molecule has 52 heavy (non-hydrogen) atoms. The first-order valence-corrected chi connectivity index (χ1v) is 18.4. The summed E-state index contributed by atoms with van der Waals surface area (Å²) in [6.07, 6.45) is 20.6. The smallest absolute Gasteiger partial charge is 0.0895 e. The molecular formula is C48H32N4. The van der Waals surface area contributed by atoms with Crippen molar-refractivity contribution in [1.29, 1.82) is 0 Å². The van der Waals surface area contributed by atoms with Crippen molar-refractivity contribution in [3.63, 3.8) is 0 Å². The molecule has 0 radical (unpaired) electrons. The maximum Gasteiger partial charge on any atom is 0.0895 e. The zero-order chi connectivity index (χ0) is 34.0. The number of likely N-dealkylation sites (N-methyl/N-ethyl adjacent to an activating group) is 1. The molecule has 8 aromatic rings. The van der Waals surface area contributed by atoms with Gasteiger partial charge in [-0.3, -0.25) is 0 Å². The Morgan fingerprint density at radius 3 is 2.33 bits per heavy atom. The molecular weight excluding hydrogens is 633 g/mol. The number of para-hydroxylation sites is 2. The van der Waals surface area contributed by atoms with Crippen LogP contribution in [-0.4, -0.2) is 32.7 Å². The maximum absolute atomic E-state index is 5.39. The summed E-state index contributed by atoms with van der Waals surface area (Å²) in [7, 11) is 2.25. The van der Waals surface area contributed by atoms with Gasteiger partial charge in [-0.2, -0.15) is 0 Å². The van der Waals surface area contributed by atoms with Crippen molar-refractivity contribution >= 4 is 82.1 Å². The van der Waals surface area contributed by atoms with Gasteiger partial charge in [0.15, 0.2) is 0 Å². The molecule has 0 spiro atoms. The molecule has 13 rings (SSSR count). The number of fused-ring (bicyclic) bond motifs is 15. The minimum atomic E-state index is -0.224. The highest BCUT2D eigenvalue weighted by molar-refractivity contribution is 6.36. The Kier molecular flexibility index (Phi) is 4.78. The van der Waals surface area contributed by atoms with Crippen molar-refractivity contribution in [2.75, 3.05) is 7.05 Å². The lowest BCUT2D eigenvalue weighted by Gasteiger charge is -2.43. The monoisotopic (exact) mass is 664 g/mol. The SMILES string of the molecule is CN1C2=C(N=C3C=CC=CC31)C1=CC=C(n3c4ccc5ccccc5c4c4cc5c6ccccc6n6c7ccccc7c(c43)c56)C3=CC=CC2(C)C31. The van der Waals surface area contributed by atoms with Crippen LogP contribution >= 0.6 is 0 Å². The predicted octanol–water partition coefficient (Wildman–Crippen LogP) is 11.1. The molecule has 1 aliphatic heterocycles. The third-order valence-electron chi connectivity index (χ3n) is 12.9. The van der Waals surface area contributed by atoms with Gasteiger partial charge in [0.25, 0.3) is 0 Å². The molecule has 0 bridgehead atoms. The number of hydrogen-bond donors (Lipinski definition) is 0. The molecule has 0 fully saturated rings. The Hall–Kier alpha value is -6.39. The van der Waals surface area contributed by atoms with Crippen LogP contribution in [0.15, 0.2) is 173 Å². The van der Waals surface area contributed by atoms with Crippen molar-refractivity contribution in [2.24, 2.45) is 16.3 Å². The quantitative estimate of drug-likeness (QED) is 0.171. The highest BCUT2D eigenvalue weighted by Crippen LogP contribution is 2.62. The first-order chi connectivity index (χ1) is 25.6. The average molecular weight is 665 g/mol. The van der Waals surface area contributed by atoms with Crippen molar-refractivity contribution in [1.82, 2.24) is 13.9 Å². The molecule has 0 N–H and O–H groups in total. The number of aromatic nitrogens is 2. The fourth-order valence-corrected chi connectivity index (χ4v) is 10.9. The van der Waals surface area contributed by atoms with Gasteiger partial charge in [0.2, 0.25) is 0 Å². The zero-order valence-electron chi connectivity index (χ0n) is 28.8. The summed E-state index contributed by atoms with van der Waals surface area (Å²) in [5, 5.41) is 10.4. The van der Waals surface area contributed by atoms with Gasteiger partial charge in [-0.15, -0.1) is 0 Å². The summed E-state index contributed by atoms with van der Waals surface area (Å²) < 4.78 is 5.13. The van der Waals surface area contributed by atoms with Crippen LogP contribution in [0.4, 0.5) is 0 Å². The van der Waals surface area contributed by atoms with Gasteiger partial charge in [0, 0.05) is 50.7 Å². The van der Waals surface area contributed by atoms with E-state index in [2.05, 4.69) is 174 Å². The minimum absolute atomic E-state index is 0.153. The molecule has 0 saturated heterocycles. The summed E-state index contributed by atoms with van der Waals surface area (Å²) in [5.74, 6) is 0.159. The first kappa shape index (κ1) is 27.3. The molecule has 244 valence electrons. The number of aliphatic imine (C=N–C) groups is 1. The molecule has 4 nitrogen and oxygen atoms in total. The number of benzene rings is 5. The Morgan fingerprint density at radius 2 is 1.44 bits per heavy atom. The molecule has 4 heteroatoms. The van der Waals surface area contributed by atoms with Gasteiger partial charge < -0.3 is 13.9 Å². The number of hydrogen-bond acceptors (Lipinski definition) is 2. The van der Waals surface area contributed by atoms with E-state index < -0.39 is 0 Å². The predicted molar refractivity (Wildman–Crippen MR) is 217 cm³/mol. The van der Waals surface area contributed by atoms with E-state index in [1.165, 1.54) is 93.2 Å². The number of nitrogens with zero attached hydrogens (tertiary/aromatic N) is 4. The standard InChI is InChI=1S/C48H32N4/c1-48-25-11-16-31-38(24-22-32(43(31)48)44-47(48)50(2)39-20-10-7-17-35(39)49-44)52-40-23-21-27-12-3-4-13-28(27)41(40)34-26-33-29-14-5-8-18-36(29)51-37-19-9-6-15-30(37)42(45(33)51)46(34)52/h3-26,39,43H,1-2H3. The second-order valence-electron chi connectivity index (χ2n) is 15.3. The van der Waals surface area contributed by atoms with Crippen LogP contribution in [0, 0.1) is 11.3 Å². The van der Waals surface area contributed by atoms with E-state index >= 15 is 0 Å². The van der Waals surface area contributed by atoms with Crippen LogP contribution in [-0.2, 0) is 0 Å². The van der Waals surface area contributed by atoms with Crippen LogP contribution in [0.3, 0.4) is 0 Å². The Bertz CT molecular complexity index is 3270. The lowest BCUT2D eigenvalue weighted by molar-refractivity contribution is 0.290. The van der Waals surface area contributed by atoms with E-state index in [-0.39, 0.29) is 17.4 Å². The van der Waals surface area contributed by atoms with E-state index in [1.54, 1.807) is 0 Å². The van der Waals surface area contributed by atoms with E-state index in [9.17, 15) is 0 Å². The van der Waals surface area contributed by atoms with Crippen LogP contribution in [0.5, 0.6) is 0 Å².